The highest BCUT2D eigenvalue weighted by Gasteiger charge is 2.11. The van der Waals surface area contributed by atoms with E-state index in [4.69, 9.17) is 9.47 Å². The minimum absolute atomic E-state index is 0.0719. The fraction of sp³-hybridized carbons (Fsp3) is 0.733. The summed E-state index contributed by atoms with van der Waals surface area (Å²) in [5, 5.41) is 0. The molecule has 0 aromatic rings. The van der Waals surface area contributed by atoms with Crippen molar-refractivity contribution in [3.63, 3.8) is 0 Å². The molecule has 0 rings (SSSR count). The van der Waals surface area contributed by atoms with Crippen molar-refractivity contribution in [3.05, 3.63) is 12.2 Å². The molecule has 0 unspecified atom stereocenters. The molecular weight excluding hydrogens is 244 g/mol. The minimum Gasteiger partial charge on any atom is -0.462 e. The van der Waals surface area contributed by atoms with E-state index in [2.05, 4.69) is 13.5 Å². The molecule has 0 bridgehead atoms. The molecule has 0 N–H and O–H groups in total. The van der Waals surface area contributed by atoms with Crippen LogP contribution in [0.2, 0.25) is 0 Å². The zero-order valence-electron chi connectivity index (χ0n) is 12.2. The van der Waals surface area contributed by atoms with Crippen LogP contribution >= 0.6 is 0 Å². The lowest BCUT2D eigenvalue weighted by molar-refractivity contribution is -0.145. The maximum atomic E-state index is 11.4. The van der Waals surface area contributed by atoms with E-state index in [-0.39, 0.29) is 18.1 Å². The van der Waals surface area contributed by atoms with Crippen LogP contribution in [0.5, 0.6) is 0 Å². The van der Waals surface area contributed by atoms with Crippen LogP contribution < -0.4 is 0 Å². The molecule has 0 amide bonds. The van der Waals surface area contributed by atoms with Crippen molar-refractivity contribution in [1.29, 1.82) is 0 Å². The number of carbonyl (C=O) groups is 2. The van der Waals surface area contributed by atoms with E-state index in [0.717, 1.165) is 38.5 Å². The van der Waals surface area contributed by atoms with Gasteiger partial charge in [0.05, 0.1) is 12.2 Å². The van der Waals surface area contributed by atoms with Gasteiger partial charge in [-0.1, -0.05) is 46.1 Å². The maximum absolute atomic E-state index is 11.4. The van der Waals surface area contributed by atoms with Gasteiger partial charge < -0.3 is 9.47 Å². The van der Waals surface area contributed by atoms with Crippen molar-refractivity contribution >= 4 is 11.9 Å². The summed E-state index contributed by atoms with van der Waals surface area (Å²) >= 11 is 0. The number of hydrogen-bond donors (Lipinski definition) is 0. The van der Waals surface area contributed by atoms with Gasteiger partial charge in [0.25, 0.3) is 0 Å². The van der Waals surface area contributed by atoms with Crippen LogP contribution in [0.25, 0.3) is 0 Å². The fourth-order valence-electron chi connectivity index (χ4n) is 1.41. The van der Waals surface area contributed by atoms with Gasteiger partial charge in [-0.25, -0.2) is 4.79 Å². The lowest BCUT2D eigenvalue weighted by Gasteiger charge is -2.07. The predicted molar refractivity (Wildman–Crippen MR) is 74.7 cm³/mol. The van der Waals surface area contributed by atoms with Gasteiger partial charge in [-0.15, -0.1) is 0 Å². The molecular formula is C15H26O4. The van der Waals surface area contributed by atoms with Gasteiger partial charge in [0.15, 0.2) is 0 Å². The number of hydrogen-bond acceptors (Lipinski definition) is 4. The zero-order valence-corrected chi connectivity index (χ0v) is 12.2. The molecule has 0 saturated heterocycles. The van der Waals surface area contributed by atoms with Gasteiger partial charge in [0.2, 0.25) is 0 Å². The molecule has 19 heavy (non-hydrogen) atoms. The van der Waals surface area contributed by atoms with E-state index in [1.54, 1.807) is 0 Å². The molecule has 0 atom stereocenters. The second-order valence-corrected chi connectivity index (χ2v) is 4.56. The van der Waals surface area contributed by atoms with Gasteiger partial charge in [-0.05, 0) is 12.8 Å². The molecule has 4 nitrogen and oxygen atoms in total. The molecule has 0 aromatic heterocycles. The summed E-state index contributed by atoms with van der Waals surface area (Å²) in [6, 6.07) is 0. The van der Waals surface area contributed by atoms with E-state index < -0.39 is 5.97 Å². The SMILES string of the molecule is C=C(COC(=O)CCCCCC)C(=O)OCCCC. The second-order valence-electron chi connectivity index (χ2n) is 4.56. The summed E-state index contributed by atoms with van der Waals surface area (Å²) < 4.78 is 9.93. The van der Waals surface area contributed by atoms with Crippen LogP contribution in [0, 0.1) is 0 Å². The van der Waals surface area contributed by atoms with E-state index in [1.165, 1.54) is 0 Å². The molecule has 0 aromatic carbocycles. The summed E-state index contributed by atoms with van der Waals surface area (Å²) in [4.78, 5) is 22.8. The Morgan fingerprint density at radius 3 is 2.26 bits per heavy atom. The smallest absolute Gasteiger partial charge is 0.336 e. The first-order valence-corrected chi connectivity index (χ1v) is 7.12. The topological polar surface area (TPSA) is 52.6 Å². The van der Waals surface area contributed by atoms with Gasteiger partial charge >= 0.3 is 11.9 Å². The quantitative estimate of drug-likeness (QED) is 0.328. The van der Waals surface area contributed by atoms with Crippen LogP contribution in [0.4, 0.5) is 0 Å². The molecule has 0 aliphatic carbocycles. The highest BCUT2D eigenvalue weighted by Crippen LogP contribution is 2.05. The fourth-order valence-corrected chi connectivity index (χ4v) is 1.41. The predicted octanol–water partition coefficient (Wildman–Crippen LogP) is 3.40. The molecule has 4 heteroatoms. The Bertz CT molecular complexity index is 284. The molecule has 0 fully saturated rings. The third-order valence-electron chi connectivity index (χ3n) is 2.66. The number of ether oxygens (including phenoxy) is 2. The van der Waals surface area contributed by atoms with E-state index in [0.29, 0.717) is 13.0 Å². The van der Waals surface area contributed by atoms with Crippen LogP contribution in [0.3, 0.4) is 0 Å². The Labute approximate surface area is 116 Å². The minimum atomic E-state index is -0.479. The Morgan fingerprint density at radius 1 is 0.947 bits per heavy atom. The number of rotatable bonds is 11. The van der Waals surface area contributed by atoms with Crippen LogP contribution in [0.15, 0.2) is 12.2 Å². The molecule has 0 aliphatic heterocycles. The highest BCUT2D eigenvalue weighted by atomic mass is 16.5. The molecule has 110 valence electrons. The van der Waals surface area contributed by atoms with Gasteiger partial charge in [0.1, 0.15) is 6.61 Å². The third-order valence-corrected chi connectivity index (χ3v) is 2.66. The van der Waals surface area contributed by atoms with E-state index in [9.17, 15) is 9.59 Å². The van der Waals surface area contributed by atoms with Crippen LogP contribution in [-0.2, 0) is 19.1 Å². The van der Waals surface area contributed by atoms with Crippen LogP contribution in [-0.4, -0.2) is 25.2 Å². The Morgan fingerprint density at radius 2 is 1.63 bits per heavy atom. The largest absolute Gasteiger partial charge is 0.462 e. The Balaban J connectivity index is 3.65. The normalized spacial score (nSPS) is 10.0. The Kier molecular flexibility index (Phi) is 10.9. The van der Waals surface area contributed by atoms with Crippen molar-refractivity contribution in [3.8, 4) is 0 Å². The maximum Gasteiger partial charge on any atom is 0.336 e. The molecule has 0 aliphatic rings. The van der Waals surface area contributed by atoms with Crippen molar-refractivity contribution in [2.45, 2.75) is 58.8 Å². The highest BCUT2D eigenvalue weighted by molar-refractivity contribution is 5.88. The third kappa shape index (κ3) is 10.3. The summed E-state index contributed by atoms with van der Waals surface area (Å²) in [6.45, 7) is 8.01. The van der Waals surface area contributed by atoms with Gasteiger partial charge in [-0.2, -0.15) is 0 Å². The van der Waals surface area contributed by atoms with E-state index in [1.807, 2.05) is 6.92 Å². The number of esters is 2. The van der Waals surface area contributed by atoms with Gasteiger partial charge in [-0.3, -0.25) is 4.79 Å². The monoisotopic (exact) mass is 270 g/mol. The van der Waals surface area contributed by atoms with Gasteiger partial charge in [0, 0.05) is 6.42 Å². The van der Waals surface area contributed by atoms with Crippen LogP contribution in [0.1, 0.15) is 58.8 Å². The van der Waals surface area contributed by atoms with Crippen molar-refractivity contribution in [2.24, 2.45) is 0 Å². The lowest BCUT2D eigenvalue weighted by Crippen LogP contribution is -2.15. The molecule has 0 saturated carbocycles. The Hall–Kier alpha value is -1.32. The zero-order chi connectivity index (χ0) is 14.5. The first kappa shape index (κ1) is 17.7. The number of unbranched alkanes of at least 4 members (excludes halogenated alkanes) is 4. The van der Waals surface area contributed by atoms with Crippen molar-refractivity contribution in [1.82, 2.24) is 0 Å². The first-order valence-electron chi connectivity index (χ1n) is 7.12. The average molecular weight is 270 g/mol. The molecule has 0 heterocycles. The van der Waals surface area contributed by atoms with Crippen molar-refractivity contribution < 1.29 is 19.1 Å². The second kappa shape index (κ2) is 11.8. The van der Waals surface area contributed by atoms with E-state index >= 15 is 0 Å². The number of carbonyl (C=O) groups excluding carboxylic acids is 2. The standard InChI is InChI=1S/C15H26O4/c1-4-6-8-9-10-14(16)19-12-13(3)15(17)18-11-7-5-2/h3-12H2,1-2H3. The van der Waals surface area contributed by atoms with Crippen molar-refractivity contribution in [2.75, 3.05) is 13.2 Å². The first-order chi connectivity index (χ1) is 9.11. The summed E-state index contributed by atoms with van der Waals surface area (Å²) in [7, 11) is 0. The summed E-state index contributed by atoms with van der Waals surface area (Å²) in [5.41, 5.74) is 0.193. The summed E-state index contributed by atoms with van der Waals surface area (Å²) in [6.07, 6.45) is 6.33. The average Bonchev–Trinajstić information content (AvgIpc) is 2.41. The molecule has 0 radical (unpaired) electrons. The summed E-state index contributed by atoms with van der Waals surface area (Å²) in [5.74, 6) is -0.758. The lowest BCUT2D eigenvalue weighted by atomic mass is 10.1. The molecule has 0 spiro atoms.